The highest BCUT2D eigenvalue weighted by Gasteiger charge is 2.60. The van der Waals surface area contributed by atoms with Crippen LogP contribution in [-0.4, -0.2) is 42.0 Å². The highest BCUT2D eigenvalue weighted by Crippen LogP contribution is 2.54. The van der Waals surface area contributed by atoms with Crippen LogP contribution in [0.15, 0.2) is 18.2 Å². The molecule has 1 aliphatic carbocycles. The lowest BCUT2D eigenvalue weighted by atomic mass is 9.73. The van der Waals surface area contributed by atoms with E-state index in [4.69, 9.17) is 0 Å². The molecule has 5 atom stereocenters. The summed E-state index contributed by atoms with van der Waals surface area (Å²) >= 11 is 0. The van der Waals surface area contributed by atoms with Crippen LogP contribution in [0, 0.1) is 11.3 Å². The van der Waals surface area contributed by atoms with Gasteiger partial charge in [0.05, 0.1) is 11.0 Å². The zero-order chi connectivity index (χ0) is 20.4. The van der Waals surface area contributed by atoms with Gasteiger partial charge in [-0.3, -0.25) is 4.79 Å². The van der Waals surface area contributed by atoms with Crippen molar-refractivity contribution < 1.29 is 18.0 Å². The SMILES string of the molecule is CC1C2Cc3ccc(C(F)(F)F)cc3CN2C(=O)[C@]12CC[C@@H](NC1CCNC1)C2. The minimum Gasteiger partial charge on any atom is -0.334 e. The lowest BCUT2D eigenvalue weighted by molar-refractivity contribution is -0.137. The molecule has 3 aliphatic heterocycles. The predicted octanol–water partition coefficient (Wildman–Crippen LogP) is 3.10. The molecule has 0 bridgehead atoms. The van der Waals surface area contributed by atoms with Gasteiger partial charge in [-0.1, -0.05) is 13.0 Å². The molecule has 158 valence electrons. The molecule has 3 fully saturated rings. The number of amides is 1. The van der Waals surface area contributed by atoms with Crippen LogP contribution in [0.1, 0.15) is 49.3 Å². The van der Waals surface area contributed by atoms with Crippen molar-refractivity contribution >= 4 is 5.91 Å². The Hall–Kier alpha value is -1.60. The number of hydrogen-bond donors (Lipinski definition) is 2. The topological polar surface area (TPSA) is 44.4 Å². The second-order valence-corrected chi connectivity index (χ2v) is 9.43. The molecule has 0 radical (unpaired) electrons. The fourth-order valence-electron chi connectivity index (χ4n) is 6.26. The molecule has 3 heterocycles. The first-order valence-corrected chi connectivity index (χ1v) is 10.7. The molecule has 0 aromatic heterocycles. The van der Waals surface area contributed by atoms with Gasteiger partial charge in [0.2, 0.25) is 5.91 Å². The lowest BCUT2D eigenvalue weighted by Gasteiger charge is -2.33. The van der Waals surface area contributed by atoms with E-state index < -0.39 is 11.7 Å². The molecule has 4 nitrogen and oxygen atoms in total. The van der Waals surface area contributed by atoms with Gasteiger partial charge in [0.15, 0.2) is 0 Å². The number of fused-ring (bicyclic) bond motifs is 2. The van der Waals surface area contributed by atoms with Crippen molar-refractivity contribution in [3.05, 3.63) is 34.9 Å². The first-order chi connectivity index (χ1) is 13.8. The van der Waals surface area contributed by atoms with Crippen LogP contribution in [0.3, 0.4) is 0 Å². The number of halogens is 3. The zero-order valence-corrected chi connectivity index (χ0v) is 16.7. The van der Waals surface area contributed by atoms with Gasteiger partial charge in [0.25, 0.3) is 0 Å². The molecule has 29 heavy (non-hydrogen) atoms. The fraction of sp³-hybridized carbons (Fsp3) is 0.682. The summed E-state index contributed by atoms with van der Waals surface area (Å²) in [7, 11) is 0. The van der Waals surface area contributed by atoms with E-state index in [9.17, 15) is 18.0 Å². The van der Waals surface area contributed by atoms with E-state index in [0.29, 0.717) is 30.6 Å². The molecule has 1 spiro atoms. The smallest absolute Gasteiger partial charge is 0.334 e. The number of carbonyl (C=O) groups excluding carboxylic acids is 1. The zero-order valence-electron chi connectivity index (χ0n) is 16.7. The summed E-state index contributed by atoms with van der Waals surface area (Å²) in [6.07, 6.45) is 0.154. The summed E-state index contributed by atoms with van der Waals surface area (Å²) in [4.78, 5) is 15.4. The minimum absolute atomic E-state index is 0.0960. The van der Waals surface area contributed by atoms with E-state index >= 15 is 0 Å². The van der Waals surface area contributed by atoms with E-state index in [-0.39, 0.29) is 23.3 Å². The van der Waals surface area contributed by atoms with Crippen molar-refractivity contribution in [3.8, 4) is 0 Å². The Labute approximate surface area is 169 Å². The van der Waals surface area contributed by atoms with Gasteiger partial charge in [-0.2, -0.15) is 13.2 Å². The molecule has 2 saturated heterocycles. The molecule has 1 aromatic rings. The van der Waals surface area contributed by atoms with Crippen LogP contribution in [0.4, 0.5) is 13.2 Å². The van der Waals surface area contributed by atoms with Crippen LogP contribution < -0.4 is 10.6 Å². The summed E-state index contributed by atoms with van der Waals surface area (Å²) in [6.45, 7) is 4.51. The van der Waals surface area contributed by atoms with Gasteiger partial charge in [0, 0.05) is 31.2 Å². The molecule has 1 aromatic carbocycles. The Kier molecular flexibility index (Phi) is 4.48. The van der Waals surface area contributed by atoms with Gasteiger partial charge in [-0.25, -0.2) is 0 Å². The Balaban J connectivity index is 1.36. The van der Waals surface area contributed by atoms with Crippen LogP contribution in [0.25, 0.3) is 0 Å². The van der Waals surface area contributed by atoms with E-state index in [0.717, 1.165) is 44.3 Å². The Morgan fingerprint density at radius 3 is 2.76 bits per heavy atom. The number of nitrogens with one attached hydrogen (secondary N) is 2. The summed E-state index contributed by atoms with van der Waals surface area (Å²) < 4.78 is 39.4. The number of hydrogen-bond acceptors (Lipinski definition) is 3. The number of rotatable bonds is 2. The van der Waals surface area contributed by atoms with Crippen molar-refractivity contribution in [2.45, 2.75) is 69.9 Å². The maximum Gasteiger partial charge on any atom is 0.416 e. The van der Waals surface area contributed by atoms with Gasteiger partial charge in [-0.15, -0.1) is 0 Å². The first kappa shape index (κ1) is 19.4. The summed E-state index contributed by atoms with van der Waals surface area (Å²) in [6, 6.07) is 4.96. The lowest BCUT2D eigenvalue weighted by Crippen LogP contribution is -2.41. The molecule has 3 unspecified atom stereocenters. The normalized spacial score (nSPS) is 36.7. The van der Waals surface area contributed by atoms with Crippen LogP contribution >= 0.6 is 0 Å². The number of benzene rings is 1. The maximum atomic E-state index is 13.5. The van der Waals surface area contributed by atoms with Gasteiger partial charge in [0.1, 0.15) is 0 Å². The Morgan fingerprint density at radius 1 is 1.21 bits per heavy atom. The average Bonchev–Trinajstić information content (AvgIpc) is 3.39. The van der Waals surface area contributed by atoms with Crippen molar-refractivity contribution in [1.29, 1.82) is 0 Å². The quantitative estimate of drug-likeness (QED) is 0.792. The minimum atomic E-state index is -4.35. The fourth-order valence-corrected chi connectivity index (χ4v) is 6.26. The van der Waals surface area contributed by atoms with Crippen molar-refractivity contribution in [1.82, 2.24) is 15.5 Å². The molecule has 1 amide bonds. The molecule has 1 saturated carbocycles. The molecule has 5 rings (SSSR count). The van der Waals surface area contributed by atoms with Crippen LogP contribution in [0.2, 0.25) is 0 Å². The standard InChI is InChI=1S/C22H28F3N3O/c1-13-19-9-14-2-3-16(22(23,24)25)8-15(14)12-28(19)20(29)21(13)6-4-17(10-21)27-18-5-7-26-11-18/h2-3,8,13,17-19,26-27H,4-7,9-12H2,1H3/t13?,17-,18?,19?,21+/m1/s1. The van der Waals surface area contributed by atoms with Crippen LogP contribution in [-0.2, 0) is 23.9 Å². The Bertz CT molecular complexity index is 820. The molecular formula is C22H28F3N3O. The van der Waals surface area contributed by atoms with Crippen molar-refractivity contribution in [3.63, 3.8) is 0 Å². The van der Waals surface area contributed by atoms with Gasteiger partial charge < -0.3 is 15.5 Å². The van der Waals surface area contributed by atoms with E-state index in [1.54, 1.807) is 6.07 Å². The van der Waals surface area contributed by atoms with E-state index in [2.05, 4.69) is 17.6 Å². The maximum absolute atomic E-state index is 13.5. The molecular weight excluding hydrogens is 379 g/mol. The highest BCUT2D eigenvalue weighted by atomic mass is 19.4. The van der Waals surface area contributed by atoms with Crippen LogP contribution in [0.5, 0.6) is 0 Å². The molecule has 7 heteroatoms. The summed E-state index contributed by atoms with van der Waals surface area (Å²) in [5, 5.41) is 7.11. The first-order valence-electron chi connectivity index (χ1n) is 10.7. The van der Waals surface area contributed by atoms with E-state index in [1.807, 2.05) is 4.90 Å². The third-order valence-corrected chi connectivity index (χ3v) is 7.92. The van der Waals surface area contributed by atoms with Gasteiger partial charge >= 0.3 is 6.18 Å². The van der Waals surface area contributed by atoms with Crippen molar-refractivity contribution in [2.24, 2.45) is 11.3 Å². The number of nitrogens with zero attached hydrogens (tertiary/aromatic N) is 1. The van der Waals surface area contributed by atoms with E-state index in [1.165, 1.54) is 12.1 Å². The average molecular weight is 407 g/mol. The second-order valence-electron chi connectivity index (χ2n) is 9.43. The number of carbonyl (C=O) groups is 1. The summed E-state index contributed by atoms with van der Waals surface area (Å²) in [5.41, 5.74) is 0.627. The third-order valence-electron chi connectivity index (χ3n) is 7.92. The van der Waals surface area contributed by atoms with Gasteiger partial charge in [-0.05, 0) is 67.8 Å². The van der Waals surface area contributed by atoms with Crippen molar-refractivity contribution in [2.75, 3.05) is 13.1 Å². The molecule has 4 aliphatic rings. The largest absolute Gasteiger partial charge is 0.416 e. The predicted molar refractivity (Wildman–Crippen MR) is 103 cm³/mol. The number of alkyl halides is 3. The summed E-state index contributed by atoms with van der Waals surface area (Å²) in [5.74, 6) is 0.380. The second kappa shape index (κ2) is 6.71. The Morgan fingerprint density at radius 2 is 2.03 bits per heavy atom. The highest BCUT2D eigenvalue weighted by molar-refractivity contribution is 5.87. The molecule has 2 N–H and O–H groups in total. The monoisotopic (exact) mass is 407 g/mol. The third kappa shape index (κ3) is 3.08.